The number of carbonyl (C=O) groups excluding carboxylic acids is 1. The molecule has 0 heterocycles. The van der Waals surface area contributed by atoms with Gasteiger partial charge < -0.3 is 25.3 Å². The van der Waals surface area contributed by atoms with E-state index in [4.69, 9.17) is 19.9 Å². The minimum Gasteiger partial charge on any atom is -0.493 e. The van der Waals surface area contributed by atoms with Crippen LogP contribution in [0.3, 0.4) is 0 Å². The molecule has 0 fully saturated rings. The Kier molecular flexibility index (Phi) is 10.3. The maximum atomic E-state index is 11.9. The van der Waals surface area contributed by atoms with Crippen molar-refractivity contribution >= 4 is 11.7 Å². The van der Waals surface area contributed by atoms with E-state index in [0.717, 1.165) is 13.0 Å². The van der Waals surface area contributed by atoms with Crippen LogP contribution >= 0.6 is 0 Å². The lowest BCUT2D eigenvalue weighted by molar-refractivity contribution is 0.254. The molecule has 0 aliphatic carbocycles. The van der Waals surface area contributed by atoms with Gasteiger partial charge >= 0.3 is 6.03 Å². The molecule has 0 aliphatic heterocycles. The molecule has 1 aromatic rings. The molecule has 3 N–H and O–H groups in total. The molecular weight excluding hydrogens is 334 g/mol. The van der Waals surface area contributed by atoms with E-state index in [-0.39, 0.29) is 0 Å². The van der Waals surface area contributed by atoms with E-state index in [0.29, 0.717) is 36.0 Å². The van der Waals surface area contributed by atoms with Crippen LogP contribution in [0, 0.1) is 0 Å². The van der Waals surface area contributed by atoms with Crippen LogP contribution in [0.2, 0.25) is 0 Å². The van der Waals surface area contributed by atoms with Crippen molar-refractivity contribution in [1.29, 1.82) is 0 Å². The fraction of sp³-hybridized carbons (Fsp3) is 0.632. The number of amides is 2. The Morgan fingerprint density at radius 2 is 1.62 bits per heavy atom. The van der Waals surface area contributed by atoms with Crippen LogP contribution in [0.4, 0.5) is 10.5 Å². The summed E-state index contributed by atoms with van der Waals surface area (Å²) >= 11 is 0. The molecule has 0 saturated heterocycles. The molecule has 26 heavy (non-hydrogen) atoms. The molecule has 7 nitrogen and oxygen atoms in total. The van der Waals surface area contributed by atoms with Gasteiger partial charge in [0.15, 0.2) is 11.5 Å². The van der Waals surface area contributed by atoms with Crippen molar-refractivity contribution in [2.75, 3.05) is 45.9 Å². The molecule has 0 unspecified atom stereocenters. The van der Waals surface area contributed by atoms with Gasteiger partial charge in [0.25, 0.3) is 0 Å². The molecule has 1 rings (SSSR count). The summed E-state index contributed by atoms with van der Waals surface area (Å²) in [7, 11) is 4.61. The molecule has 0 bridgehead atoms. The topological polar surface area (TPSA) is 86.1 Å². The molecule has 0 aromatic heterocycles. The van der Waals surface area contributed by atoms with Crippen LogP contribution in [0.15, 0.2) is 12.1 Å². The summed E-state index contributed by atoms with van der Waals surface area (Å²) in [6.07, 6.45) is 6.18. The quantitative estimate of drug-likeness (QED) is 0.523. The van der Waals surface area contributed by atoms with Gasteiger partial charge in [0.05, 0.1) is 27.0 Å². The monoisotopic (exact) mass is 367 g/mol. The lowest BCUT2D eigenvalue weighted by Crippen LogP contribution is -2.40. The summed E-state index contributed by atoms with van der Waals surface area (Å²) in [5, 5.41) is 3.36. The highest BCUT2D eigenvalue weighted by Gasteiger charge is 2.19. The number of ether oxygens (including phenoxy) is 3. The molecule has 0 saturated carbocycles. The van der Waals surface area contributed by atoms with Crippen LogP contribution in [0.1, 0.15) is 39.0 Å². The molecule has 1 aromatic carbocycles. The van der Waals surface area contributed by atoms with Gasteiger partial charge in [0, 0.05) is 25.2 Å². The number of methoxy groups -OCH3 is 3. The van der Waals surface area contributed by atoms with Gasteiger partial charge in [-0.1, -0.05) is 32.6 Å². The number of nitrogens with two attached hydrogens (primary N) is 1. The molecule has 0 atom stereocenters. The average Bonchev–Trinajstić information content (AvgIpc) is 2.65. The van der Waals surface area contributed by atoms with Crippen molar-refractivity contribution in [1.82, 2.24) is 5.32 Å². The minimum absolute atomic E-state index is 0.461. The Hall–Kier alpha value is -2.15. The molecule has 7 heteroatoms. The van der Waals surface area contributed by atoms with Crippen LogP contribution in [-0.2, 0) is 0 Å². The number of nitrogens with zero attached hydrogens (tertiary/aromatic N) is 1. The first-order chi connectivity index (χ1) is 12.6. The minimum atomic E-state index is -0.524. The predicted octanol–water partition coefficient (Wildman–Crippen LogP) is 3.16. The van der Waals surface area contributed by atoms with Crippen molar-refractivity contribution in [3.8, 4) is 17.2 Å². The molecular formula is C19H33N3O4. The summed E-state index contributed by atoms with van der Waals surface area (Å²) < 4.78 is 16.0. The number of carbonyl (C=O) groups is 1. The van der Waals surface area contributed by atoms with E-state index < -0.39 is 6.03 Å². The van der Waals surface area contributed by atoms with E-state index in [9.17, 15) is 4.79 Å². The predicted molar refractivity (Wildman–Crippen MR) is 105 cm³/mol. The first kappa shape index (κ1) is 21.9. The van der Waals surface area contributed by atoms with Gasteiger partial charge in [-0.15, -0.1) is 0 Å². The van der Waals surface area contributed by atoms with Gasteiger partial charge in [-0.05, 0) is 13.0 Å². The first-order valence-corrected chi connectivity index (χ1v) is 9.16. The van der Waals surface area contributed by atoms with E-state index in [2.05, 4.69) is 12.2 Å². The van der Waals surface area contributed by atoms with Gasteiger partial charge in [0.1, 0.15) is 0 Å². The maximum Gasteiger partial charge on any atom is 0.319 e. The number of primary amides is 1. The van der Waals surface area contributed by atoms with Crippen LogP contribution in [-0.4, -0.2) is 47.0 Å². The number of rotatable bonds is 13. The Labute approximate surface area is 156 Å². The summed E-state index contributed by atoms with van der Waals surface area (Å²) in [5.74, 6) is 1.45. The zero-order valence-electron chi connectivity index (χ0n) is 16.5. The van der Waals surface area contributed by atoms with Crippen molar-refractivity contribution in [3.63, 3.8) is 0 Å². The van der Waals surface area contributed by atoms with Crippen LogP contribution in [0.25, 0.3) is 0 Å². The van der Waals surface area contributed by atoms with Gasteiger partial charge in [-0.25, -0.2) is 4.79 Å². The smallest absolute Gasteiger partial charge is 0.319 e. The third-order valence-corrected chi connectivity index (χ3v) is 4.20. The second-order valence-electron chi connectivity index (χ2n) is 6.04. The lowest BCUT2D eigenvalue weighted by atomic mass is 10.1. The number of anilines is 1. The highest BCUT2D eigenvalue weighted by molar-refractivity contribution is 5.91. The van der Waals surface area contributed by atoms with Gasteiger partial charge in [-0.2, -0.15) is 0 Å². The van der Waals surface area contributed by atoms with Crippen LogP contribution < -0.4 is 30.2 Å². The lowest BCUT2D eigenvalue weighted by Gasteiger charge is -2.23. The molecule has 2 amide bonds. The van der Waals surface area contributed by atoms with E-state index in [1.165, 1.54) is 51.9 Å². The Morgan fingerprint density at radius 1 is 1.00 bits per heavy atom. The Morgan fingerprint density at radius 3 is 2.12 bits per heavy atom. The third-order valence-electron chi connectivity index (χ3n) is 4.20. The van der Waals surface area contributed by atoms with E-state index in [1.807, 2.05) is 0 Å². The van der Waals surface area contributed by atoms with Gasteiger partial charge in [0.2, 0.25) is 5.75 Å². The normalized spacial score (nSPS) is 10.5. The number of urea groups is 1. The number of hydrogen-bond acceptors (Lipinski definition) is 5. The zero-order chi connectivity index (χ0) is 19.4. The SMILES string of the molecule is CCCCCCCNCCN(C(N)=O)c1cc(OC)c(OC)c(OC)c1. The Balaban J connectivity index is 2.68. The van der Waals surface area contributed by atoms with Crippen LogP contribution in [0.5, 0.6) is 17.2 Å². The summed E-state index contributed by atoms with van der Waals surface area (Å²) in [6, 6.07) is 2.91. The van der Waals surface area contributed by atoms with Crippen molar-refractivity contribution in [2.45, 2.75) is 39.0 Å². The van der Waals surface area contributed by atoms with Crippen molar-refractivity contribution in [2.24, 2.45) is 5.73 Å². The number of benzene rings is 1. The fourth-order valence-corrected chi connectivity index (χ4v) is 2.76. The number of hydrogen-bond donors (Lipinski definition) is 2. The molecule has 0 radical (unpaired) electrons. The van der Waals surface area contributed by atoms with E-state index in [1.54, 1.807) is 12.1 Å². The average molecular weight is 367 g/mol. The molecule has 0 spiro atoms. The second kappa shape index (κ2) is 12.2. The highest BCUT2D eigenvalue weighted by atomic mass is 16.5. The maximum absolute atomic E-state index is 11.9. The summed E-state index contributed by atoms with van der Waals surface area (Å²) in [4.78, 5) is 13.4. The Bertz CT molecular complexity index is 527. The second-order valence-corrected chi connectivity index (χ2v) is 6.04. The molecule has 148 valence electrons. The number of nitrogens with one attached hydrogen (secondary N) is 1. The summed E-state index contributed by atoms with van der Waals surface area (Å²) in [6.45, 7) is 4.27. The number of unbranched alkanes of at least 4 members (excludes halogenated alkanes) is 4. The van der Waals surface area contributed by atoms with Crippen molar-refractivity contribution < 1.29 is 19.0 Å². The first-order valence-electron chi connectivity index (χ1n) is 9.16. The van der Waals surface area contributed by atoms with E-state index >= 15 is 0 Å². The summed E-state index contributed by atoms with van der Waals surface area (Å²) in [5.41, 5.74) is 6.17. The highest BCUT2D eigenvalue weighted by Crippen LogP contribution is 2.40. The molecule has 0 aliphatic rings. The standard InChI is InChI=1S/C19H33N3O4/c1-5-6-7-8-9-10-21-11-12-22(19(20)23)15-13-16(24-2)18(26-4)17(14-15)25-3/h13-14,21H,5-12H2,1-4H3,(H2,20,23). The largest absolute Gasteiger partial charge is 0.493 e. The fourth-order valence-electron chi connectivity index (χ4n) is 2.76. The van der Waals surface area contributed by atoms with Crippen molar-refractivity contribution in [3.05, 3.63) is 12.1 Å². The third kappa shape index (κ3) is 6.63. The zero-order valence-corrected chi connectivity index (χ0v) is 16.5. The van der Waals surface area contributed by atoms with Gasteiger partial charge in [-0.3, -0.25) is 4.90 Å².